The van der Waals surface area contributed by atoms with Crippen molar-refractivity contribution in [2.24, 2.45) is 5.73 Å². The molecule has 1 atom stereocenters. The van der Waals surface area contributed by atoms with Crippen molar-refractivity contribution >= 4 is 0 Å². The highest BCUT2D eigenvalue weighted by Gasteiger charge is 2.06. The summed E-state index contributed by atoms with van der Waals surface area (Å²) < 4.78 is 0. The molecule has 1 unspecified atom stereocenters. The third-order valence-electron chi connectivity index (χ3n) is 3.42. The normalized spacial score (nSPS) is 12.9. The van der Waals surface area contributed by atoms with Crippen molar-refractivity contribution in [2.45, 2.75) is 32.7 Å². The summed E-state index contributed by atoms with van der Waals surface area (Å²) in [5.41, 5.74) is 8.85. The van der Waals surface area contributed by atoms with E-state index in [0.29, 0.717) is 0 Å². The van der Waals surface area contributed by atoms with Crippen LogP contribution in [0.25, 0.3) is 0 Å². The Kier molecular flexibility index (Phi) is 7.72. The molecule has 0 aliphatic heterocycles. The Labute approximate surface area is 118 Å². The summed E-state index contributed by atoms with van der Waals surface area (Å²) in [7, 11) is 2.16. The molecule has 0 amide bonds. The second-order valence-electron chi connectivity index (χ2n) is 5.40. The van der Waals surface area contributed by atoms with E-state index in [0.717, 1.165) is 39.0 Å². The van der Waals surface area contributed by atoms with Crippen molar-refractivity contribution in [3.63, 3.8) is 0 Å². The van der Waals surface area contributed by atoms with Gasteiger partial charge in [-0.2, -0.15) is 0 Å². The van der Waals surface area contributed by atoms with Gasteiger partial charge in [-0.15, -0.1) is 0 Å². The van der Waals surface area contributed by atoms with Crippen LogP contribution >= 0.6 is 0 Å². The molecule has 0 heterocycles. The predicted octanol–water partition coefficient (Wildman–Crippen LogP) is 1.80. The quantitative estimate of drug-likeness (QED) is 0.668. The highest BCUT2D eigenvalue weighted by molar-refractivity contribution is 5.21. The van der Waals surface area contributed by atoms with Crippen LogP contribution in [-0.4, -0.2) is 44.2 Å². The van der Waals surface area contributed by atoms with Crippen LogP contribution in [0.15, 0.2) is 24.3 Å². The number of hydrogen-bond acceptors (Lipinski definition) is 3. The zero-order chi connectivity index (χ0) is 14.1. The number of nitrogens with zero attached hydrogens (tertiary/aromatic N) is 1. The maximum Gasteiger partial charge on any atom is 0.0104 e. The molecule has 19 heavy (non-hydrogen) atoms. The Bertz CT molecular complexity index is 334. The Balaban J connectivity index is 2.20. The fourth-order valence-corrected chi connectivity index (χ4v) is 2.07. The Morgan fingerprint density at radius 1 is 1.21 bits per heavy atom. The molecule has 0 radical (unpaired) electrons. The van der Waals surface area contributed by atoms with E-state index < -0.39 is 0 Å². The van der Waals surface area contributed by atoms with Crippen molar-refractivity contribution in [1.82, 2.24) is 10.2 Å². The first-order valence-electron chi connectivity index (χ1n) is 7.32. The van der Waals surface area contributed by atoms with Gasteiger partial charge in [0.1, 0.15) is 0 Å². The molecule has 0 bridgehead atoms. The van der Waals surface area contributed by atoms with E-state index in [4.69, 9.17) is 5.73 Å². The Hall–Kier alpha value is -0.900. The van der Waals surface area contributed by atoms with Crippen LogP contribution < -0.4 is 11.1 Å². The lowest BCUT2D eigenvalue weighted by Crippen LogP contribution is -2.33. The van der Waals surface area contributed by atoms with E-state index in [-0.39, 0.29) is 6.04 Å². The average Bonchev–Trinajstić information content (AvgIpc) is 2.39. The van der Waals surface area contributed by atoms with Gasteiger partial charge < -0.3 is 16.0 Å². The van der Waals surface area contributed by atoms with Gasteiger partial charge in [-0.05, 0) is 45.5 Å². The van der Waals surface area contributed by atoms with Crippen LogP contribution in [0.2, 0.25) is 0 Å². The second kappa shape index (κ2) is 9.08. The minimum atomic E-state index is 0.254. The van der Waals surface area contributed by atoms with Crippen LogP contribution in [-0.2, 0) is 6.42 Å². The summed E-state index contributed by atoms with van der Waals surface area (Å²) in [4.78, 5) is 2.34. The zero-order valence-electron chi connectivity index (χ0n) is 12.7. The maximum absolute atomic E-state index is 6.20. The van der Waals surface area contributed by atoms with Gasteiger partial charge in [-0.3, -0.25) is 0 Å². The summed E-state index contributed by atoms with van der Waals surface area (Å²) in [6.07, 6.45) is 2.03. The van der Waals surface area contributed by atoms with E-state index in [2.05, 4.69) is 55.4 Å². The SMILES string of the molecule is CCNCCN(C)CCC(N)Cc1ccc(C)cc1. The number of benzene rings is 1. The van der Waals surface area contributed by atoms with Crippen LogP contribution in [0.5, 0.6) is 0 Å². The number of hydrogen-bond donors (Lipinski definition) is 2. The van der Waals surface area contributed by atoms with Gasteiger partial charge in [-0.1, -0.05) is 36.8 Å². The molecule has 0 saturated carbocycles. The first-order valence-corrected chi connectivity index (χ1v) is 7.32. The third kappa shape index (κ3) is 7.31. The summed E-state index contributed by atoms with van der Waals surface area (Å²) in [6, 6.07) is 8.94. The average molecular weight is 263 g/mol. The molecule has 108 valence electrons. The summed E-state index contributed by atoms with van der Waals surface area (Å²) in [5, 5.41) is 3.34. The molecule has 1 rings (SSSR count). The molecule has 0 fully saturated rings. The first kappa shape index (κ1) is 16.2. The third-order valence-corrected chi connectivity index (χ3v) is 3.42. The molecular weight excluding hydrogens is 234 g/mol. The first-order chi connectivity index (χ1) is 9.11. The highest BCUT2D eigenvalue weighted by atomic mass is 15.1. The smallest absolute Gasteiger partial charge is 0.0104 e. The van der Waals surface area contributed by atoms with Gasteiger partial charge in [-0.25, -0.2) is 0 Å². The van der Waals surface area contributed by atoms with Crippen molar-refractivity contribution in [1.29, 1.82) is 0 Å². The summed E-state index contributed by atoms with van der Waals surface area (Å²) >= 11 is 0. The Morgan fingerprint density at radius 2 is 1.89 bits per heavy atom. The maximum atomic E-state index is 6.20. The number of likely N-dealkylation sites (N-methyl/N-ethyl adjacent to an activating group) is 2. The standard InChI is InChI=1S/C16H29N3/c1-4-18-10-12-19(3)11-9-16(17)13-15-7-5-14(2)6-8-15/h5-8,16,18H,4,9-13,17H2,1-3H3. The van der Waals surface area contributed by atoms with Crippen molar-refractivity contribution in [3.05, 3.63) is 35.4 Å². The van der Waals surface area contributed by atoms with Gasteiger partial charge in [0.25, 0.3) is 0 Å². The van der Waals surface area contributed by atoms with E-state index in [1.54, 1.807) is 0 Å². The van der Waals surface area contributed by atoms with Gasteiger partial charge in [0.05, 0.1) is 0 Å². The molecule has 0 aliphatic carbocycles. The molecule has 3 nitrogen and oxygen atoms in total. The molecule has 0 aromatic heterocycles. The topological polar surface area (TPSA) is 41.3 Å². The number of nitrogens with two attached hydrogens (primary N) is 1. The van der Waals surface area contributed by atoms with Crippen LogP contribution in [0, 0.1) is 6.92 Å². The molecule has 1 aromatic carbocycles. The molecule has 3 N–H and O–H groups in total. The zero-order valence-corrected chi connectivity index (χ0v) is 12.7. The fraction of sp³-hybridized carbons (Fsp3) is 0.625. The predicted molar refractivity (Wildman–Crippen MR) is 83.5 cm³/mol. The fourth-order valence-electron chi connectivity index (χ4n) is 2.07. The summed E-state index contributed by atoms with van der Waals surface area (Å²) in [5.74, 6) is 0. The van der Waals surface area contributed by atoms with Crippen LogP contribution in [0.4, 0.5) is 0 Å². The van der Waals surface area contributed by atoms with Crippen LogP contribution in [0.3, 0.4) is 0 Å². The van der Waals surface area contributed by atoms with Crippen LogP contribution in [0.1, 0.15) is 24.5 Å². The van der Waals surface area contributed by atoms with Gasteiger partial charge in [0.15, 0.2) is 0 Å². The molecule has 0 spiro atoms. The Morgan fingerprint density at radius 3 is 2.53 bits per heavy atom. The minimum absolute atomic E-state index is 0.254. The van der Waals surface area contributed by atoms with E-state index in [1.165, 1.54) is 11.1 Å². The highest BCUT2D eigenvalue weighted by Crippen LogP contribution is 2.07. The molecule has 1 aromatic rings. The number of aryl methyl sites for hydroxylation is 1. The van der Waals surface area contributed by atoms with Gasteiger partial charge in [0.2, 0.25) is 0 Å². The number of nitrogens with one attached hydrogen (secondary N) is 1. The monoisotopic (exact) mass is 263 g/mol. The largest absolute Gasteiger partial charge is 0.327 e. The number of rotatable bonds is 9. The van der Waals surface area contributed by atoms with E-state index >= 15 is 0 Å². The lowest BCUT2D eigenvalue weighted by atomic mass is 10.0. The second-order valence-corrected chi connectivity index (χ2v) is 5.40. The van der Waals surface area contributed by atoms with Gasteiger partial charge >= 0.3 is 0 Å². The van der Waals surface area contributed by atoms with Crippen molar-refractivity contribution < 1.29 is 0 Å². The minimum Gasteiger partial charge on any atom is -0.327 e. The van der Waals surface area contributed by atoms with E-state index in [9.17, 15) is 0 Å². The molecule has 0 aliphatic rings. The molecular formula is C16H29N3. The van der Waals surface area contributed by atoms with Crippen molar-refractivity contribution in [2.75, 3.05) is 33.2 Å². The molecule has 0 saturated heterocycles. The lowest BCUT2D eigenvalue weighted by Gasteiger charge is -2.19. The van der Waals surface area contributed by atoms with Crippen molar-refractivity contribution in [3.8, 4) is 0 Å². The summed E-state index contributed by atoms with van der Waals surface area (Å²) in [6.45, 7) is 8.50. The van der Waals surface area contributed by atoms with E-state index in [1.807, 2.05) is 0 Å². The van der Waals surface area contributed by atoms with Gasteiger partial charge in [0, 0.05) is 19.1 Å². The molecule has 3 heteroatoms. The lowest BCUT2D eigenvalue weighted by molar-refractivity contribution is 0.316.